The average Bonchev–Trinajstić information content (AvgIpc) is 2.39. The average molecular weight is 377 g/mol. The summed E-state index contributed by atoms with van der Waals surface area (Å²) in [7, 11) is 0. The second-order valence-electron chi connectivity index (χ2n) is 4.17. The molecule has 0 bridgehead atoms. The molecular weight excluding hydrogens is 368 g/mol. The third-order valence-corrected chi connectivity index (χ3v) is 4.10. The second-order valence-corrected chi connectivity index (χ2v) is 5.84. The molecule has 0 heterocycles. The molecule has 0 aliphatic rings. The van der Waals surface area contributed by atoms with Gasteiger partial charge in [-0.3, -0.25) is 4.79 Å². The quantitative estimate of drug-likeness (QED) is 0.693. The molecule has 0 aromatic heterocycles. The van der Waals surface area contributed by atoms with E-state index in [1.165, 1.54) is 12.1 Å². The zero-order valence-corrected chi connectivity index (χ0v) is 13.4. The fourth-order valence-electron chi connectivity index (χ4n) is 1.62. The van der Waals surface area contributed by atoms with Crippen LogP contribution in [0.3, 0.4) is 0 Å². The van der Waals surface area contributed by atoms with Crippen LogP contribution in [0.25, 0.3) is 0 Å². The van der Waals surface area contributed by atoms with E-state index in [0.29, 0.717) is 11.3 Å². The number of halogens is 4. The first kappa shape index (κ1) is 15.3. The predicted octanol–water partition coefficient (Wildman–Crippen LogP) is 5.46. The van der Waals surface area contributed by atoms with Crippen LogP contribution in [0.4, 0.5) is 10.1 Å². The second kappa shape index (κ2) is 6.12. The van der Waals surface area contributed by atoms with Gasteiger partial charge in [-0.1, -0.05) is 39.1 Å². The van der Waals surface area contributed by atoms with E-state index < -0.39 is 5.82 Å². The van der Waals surface area contributed by atoms with E-state index >= 15 is 0 Å². The molecule has 104 valence electrons. The molecule has 20 heavy (non-hydrogen) atoms. The van der Waals surface area contributed by atoms with Gasteiger partial charge in [0.05, 0.1) is 10.0 Å². The van der Waals surface area contributed by atoms with Crippen molar-refractivity contribution in [2.75, 3.05) is 5.32 Å². The summed E-state index contributed by atoms with van der Waals surface area (Å²) in [5, 5.41) is 2.35. The molecule has 2 rings (SSSR count). The monoisotopic (exact) mass is 375 g/mol. The van der Waals surface area contributed by atoms with Gasteiger partial charge in [0, 0.05) is 15.7 Å². The third-order valence-electron chi connectivity index (χ3n) is 2.66. The predicted molar refractivity (Wildman–Crippen MR) is 83.3 cm³/mol. The van der Waals surface area contributed by atoms with Gasteiger partial charge in [-0.15, -0.1) is 0 Å². The number of hydrogen-bond donors (Lipinski definition) is 1. The SMILES string of the molecule is Cc1cc(C(=O)Nc2cc(Cl)c(F)c(Cl)c2)ccc1Br. The number of carbonyl (C=O) groups excluding carboxylic acids is 1. The van der Waals surface area contributed by atoms with Crippen molar-refractivity contribution in [1.29, 1.82) is 0 Å². The molecule has 6 heteroatoms. The molecule has 0 atom stereocenters. The van der Waals surface area contributed by atoms with Crippen molar-refractivity contribution in [1.82, 2.24) is 0 Å². The lowest BCUT2D eigenvalue weighted by molar-refractivity contribution is 0.102. The standard InChI is InChI=1S/C14H9BrCl2FNO/c1-7-4-8(2-3-10(7)15)14(20)19-9-5-11(16)13(18)12(17)6-9/h2-6H,1H3,(H,19,20). The third kappa shape index (κ3) is 3.32. The molecule has 0 radical (unpaired) electrons. The lowest BCUT2D eigenvalue weighted by Gasteiger charge is -2.08. The van der Waals surface area contributed by atoms with Crippen LogP contribution >= 0.6 is 39.1 Å². The van der Waals surface area contributed by atoms with Crippen molar-refractivity contribution < 1.29 is 9.18 Å². The summed E-state index contributed by atoms with van der Waals surface area (Å²) in [5.41, 5.74) is 1.77. The lowest BCUT2D eigenvalue weighted by atomic mass is 10.1. The Balaban J connectivity index is 2.25. The molecule has 0 unspecified atom stereocenters. The Morgan fingerprint density at radius 1 is 1.20 bits per heavy atom. The van der Waals surface area contributed by atoms with Crippen LogP contribution < -0.4 is 5.32 Å². The van der Waals surface area contributed by atoms with Crippen LogP contribution in [0.1, 0.15) is 15.9 Å². The Kier molecular flexibility index (Phi) is 4.68. The number of carbonyl (C=O) groups is 1. The maximum atomic E-state index is 13.3. The Morgan fingerprint density at radius 2 is 1.80 bits per heavy atom. The molecule has 1 N–H and O–H groups in total. The highest BCUT2D eigenvalue weighted by atomic mass is 79.9. The Morgan fingerprint density at radius 3 is 2.35 bits per heavy atom. The van der Waals surface area contributed by atoms with Gasteiger partial charge < -0.3 is 5.32 Å². The lowest BCUT2D eigenvalue weighted by Crippen LogP contribution is -2.12. The number of nitrogens with one attached hydrogen (secondary N) is 1. The number of benzene rings is 2. The largest absolute Gasteiger partial charge is 0.322 e. The van der Waals surface area contributed by atoms with Crippen LogP contribution in [-0.4, -0.2) is 5.91 Å². The maximum absolute atomic E-state index is 13.3. The van der Waals surface area contributed by atoms with Crippen LogP contribution in [0, 0.1) is 12.7 Å². The van der Waals surface area contributed by atoms with Gasteiger partial charge in [0.1, 0.15) is 0 Å². The first-order chi connectivity index (χ1) is 9.38. The van der Waals surface area contributed by atoms with Gasteiger partial charge in [-0.05, 0) is 42.8 Å². The van der Waals surface area contributed by atoms with E-state index in [2.05, 4.69) is 21.2 Å². The van der Waals surface area contributed by atoms with Crippen molar-refractivity contribution in [3.63, 3.8) is 0 Å². The van der Waals surface area contributed by atoms with Gasteiger partial charge in [-0.2, -0.15) is 0 Å². The van der Waals surface area contributed by atoms with Gasteiger partial charge in [0.25, 0.3) is 5.91 Å². The van der Waals surface area contributed by atoms with Crippen molar-refractivity contribution in [3.8, 4) is 0 Å². The minimum atomic E-state index is -0.703. The number of aryl methyl sites for hydroxylation is 1. The summed E-state index contributed by atoms with van der Waals surface area (Å²) in [6.07, 6.45) is 0. The van der Waals surface area contributed by atoms with Gasteiger partial charge in [0.2, 0.25) is 0 Å². The fraction of sp³-hybridized carbons (Fsp3) is 0.0714. The highest BCUT2D eigenvalue weighted by Gasteiger charge is 2.11. The molecule has 0 saturated heterocycles. The first-order valence-electron chi connectivity index (χ1n) is 5.60. The van der Waals surface area contributed by atoms with Gasteiger partial charge in [0.15, 0.2) is 5.82 Å². The fourth-order valence-corrected chi connectivity index (χ4v) is 2.35. The van der Waals surface area contributed by atoms with E-state index in [0.717, 1.165) is 10.0 Å². The highest BCUT2D eigenvalue weighted by Crippen LogP contribution is 2.27. The Labute approximate surface area is 134 Å². The van der Waals surface area contributed by atoms with Gasteiger partial charge >= 0.3 is 0 Å². The van der Waals surface area contributed by atoms with Gasteiger partial charge in [-0.25, -0.2) is 4.39 Å². The molecular formula is C14H9BrCl2FNO. The molecule has 0 fully saturated rings. The molecule has 0 spiro atoms. The molecule has 0 aliphatic carbocycles. The normalized spacial score (nSPS) is 10.4. The van der Waals surface area contributed by atoms with Crippen LogP contribution in [0.15, 0.2) is 34.8 Å². The molecule has 0 saturated carbocycles. The first-order valence-corrected chi connectivity index (χ1v) is 7.15. The topological polar surface area (TPSA) is 29.1 Å². The number of anilines is 1. The summed E-state index contributed by atoms with van der Waals surface area (Å²) >= 11 is 14.7. The van der Waals surface area contributed by atoms with Crippen molar-refractivity contribution in [2.24, 2.45) is 0 Å². The molecule has 2 aromatic carbocycles. The summed E-state index contributed by atoms with van der Waals surface area (Å²) in [4.78, 5) is 12.1. The van der Waals surface area contributed by atoms with Crippen LogP contribution in [-0.2, 0) is 0 Å². The van der Waals surface area contributed by atoms with Crippen LogP contribution in [0.2, 0.25) is 10.0 Å². The molecule has 1 amide bonds. The summed E-state index contributed by atoms with van der Waals surface area (Å²) < 4.78 is 14.2. The number of hydrogen-bond acceptors (Lipinski definition) is 1. The minimum absolute atomic E-state index is 0.139. The number of rotatable bonds is 2. The highest BCUT2D eigenvalue weighted by molar-refractivity contribution is 9.10. The zero-order valence-electron chi connectivity index (χ0n) is 10.3. The van der Waals surface area contributed by atoms with E-state index in [1.807, 2.05) is 6.92 Å². The molecule has 2 aromatic rings. The maximum Gasteiger partial charge on any atom is 0.255 e. The minimum Gasteiger partial charge on any atom is -0.322 e. The smallest absolute Gasteiger partial charge is 0.255 e. The van der Waals surface area contributed by atoms with E-state index in [4.69, 9.17) is 23.2 Å². The Hall–Kier alpha value is -1.10. The van der Waals surface area contributed by atoms with Crippen LogP contribution in [0.5, 0.6) is 0 Å². The zero-order chi connectivity index (χ0) is 14.9. The molecule has 2 nitrogen and oxygen atoms in total. The van der Waals surface area contributed by atoms with E-state index in [1.54, 1.807) is 18.2 Å². The Bertz CT molecular complexity index is 668. The van der Waals surface area contributed by atoms with E-state index in [9.17, 15) is 9.18 Å². The summed E-state index contributed by atoms with van der Waals surface area (Å²) in [5.74, 6) is -1.02. The molecule has 0 aliphatic heterocycles. The van der Waals surface area contributed by atoms with Crippen molar-refractivity contribution >= 4 is 50.7 Å². The van der Waals surface area contributed by atoms with E-state index in [-0.39, 0.29) is 16.0 Å². The van der Waals surface area contributed by atoms with Crippen molar-refractivity contribution in [2.45, 2.75) is 6.92 Å². The van der Waals surface area contributed by atoms with Crippen molar-refractivity contribution in [3.05, 3.63) is 61.8 Å². The number of amides is 1. The summed E-state index contributed by atoms with van der Waals surface area (Å²) in [6, 6.07) is 7.83. The summed E-state index contributed by atoms with van der Waals surface area (Å²) in [6.45, 7) is 1.88.